The molecule has 4 rings (SSSR count). The zero-order valence-electron chi connectivity index (χ0n) is 15.6. The maximum absolute atomic E-state index is 12.5. The predicted octanol–water partition coefficient (Wildman–Crippen LogP) is 2.78. The largest absolute Gasteiger partial charge is 0.335 e. The van der Waals surface area contributed by atoms with Crippen LogP contribution in [0, 0.1) is 0 Å². The third-order valence-corrected chi connectivity index (χ3v) is 5.08. The van der Waals surface area contributed by atoms with Gasteiger partial charge in [-0.1, -0.05) is 11.6 Å². The molecule has 2 amide bonds. The lowest BCUT2D eigenvalue weighted by Crippen LogP contribution is -2.33. The van der Waals surface area contributed by atoms with Crippen molar-refractivity contribution in [2.75, 3.05) is 18.4 Å². The highest BCUT2D eigenvalue weighted by Gasteiger charge is 2.17. The van der Waals surface area contributed by atoms with Gasteiger partial charge in [-0.3, -0.25) is 14.6 Å². The Morgan fingerprint density at radius 1 is 1.21 bits per heavy atom. The monoisotopic (exact) mass is 374 g/mol. The van der Waals surface area contributed by atoms with Gasteiger partial charge in [0.05, 0.1) is 0 Å². The first kappa shape index (κ1) is 18.1. The van der Waals surface area contributed by atoms with Gasteiger partial charge in [0, 0.05) is 44.2 Å². The van der Waals surface area contributed by atoms with Gasteiger partial charge in [0.25, 0.3) is 0 Å². The number of nitrogens with zero attached hydrogens (tertiary/aromatic N) is 3. The van der Waals surface area contributed by atoms with Crippen LogP contribution in [0.25, 0.3) is 6.08 Å². The van der Waals surface area contributed by atoms with Gasteiger partial charge in [0.1, 0.15) is 5.82 Å². The summed E-state index contributed by atoms with van der Waals surface area (Å²) in [5.41, 5.74) is 4.49. The second kappa shape index (κ2) is 8.17. The molecular formula is C22H22N4O2. The van der Waals surface area contributed by atoms with Gasteiger partial charge in [-0.25, -0.2) is 4.98 Å². The van der Waals surface area contributed by atoms with Crippen molar-refractivity contribution in [2.24, 2.45) is 0 Å². The van der Waals surface area contributed by atoms with Gasteiger partial charge >= 0.3 is 0 Å². The zero-order chi connectivity index (χ0) is 19.3. The summed E-state index contributed by atoms with van der Waals surface area (Å²) in [5.74, 6) is 0.632. The van der Waals surface area contributed by atoms with Gasteiger partial charge in [-0.15, -0.1) is 0 Å². The van der Waals surface area contributed by atoms with Crippen LogP contribution in [0.15, 0.2) is 54.5 Å². The van der Waals surface area contributed by atoms with E-state index in [2.05, 4.69) is 21.4 Å². The van der Waals surface area contributed by atoms with Gasteiger partial charge in [0.2, 0.25) is 11.8 Å². The van der Waals surface area contributed by atoms with Gasteiger partial charge < -0.3 is 10.2 Å². The highest BCUT2D eigenvalue weighted by molar-refractivity contribution is 5.94. The number of carbonyl (C=O) groups is 2. The summed E-state index contributed by atoms with van der Waals surface area (Å²) in [4.78, 5) is 34.1. The van der Waals surface area contributed by atoms with Crippen LogP contribution in [0.4, 0.5) is 5.82 Å². The number of nitrogens with one attached hydrogen (secondary N) is 1. The minimum atomic E-state index is -0.0000710. The molecule has 6 nitrogen and oxygen atoms in total. The number of anilines is 1. The Balaban J connectivity index is 1.35. The molecule has 2 aliphatic heterocycles. The summed E-state index contributed by atoms with van der Waals surface area (Å²) < 4.78 is 0. The van der Waals surface area contributed by atoms with Crippen molar-refractivity contribution in [3.05, 3.63) is 71.2 Å². The van der Waals surface area contributed by atoms with E-state index in [-0.39, 0.29) is 11.8 Å². The maximum Gasteiger partial charge on any atom is 0.246 e. The fraction of sp³-hybridized carbons (Fsp3) is 0.273. The van der Waals surface area contributed by atoms with Gasteiger partial charge in [-0.05, 0) is 60.2 Å². The maximum atomic E-state index is 12.5. The third-order valence-electron chi connectivity index (χ3n) is 5.08. The molecule has 0 spiro atoms. The van der Waals surface area contributed by atoms with E-state index in [4.69, 9.17) is 0 Å². The van der Waals surface area contributed by atoms with Crippen LogP contribution < -0.4 is 5.32 Å². The van der Waals surface area contributed by atoms with Crippen LogP contribution in [-0.4, -0.2) is 39.8 Å². The van der Waals surface area contributed by atoms with E-state index < -0.39 is 0 Å². The van der Waals surface area contributed by atoms with E-state index >= 15 is 0 Å². The van der Waals surface area contributed by atoms with Crippen LogP contribution in [0.5, 0.6) is 0 Å². The van der Waals surface area contributed by atoms with Crippen LogP contribution in [0.1, 0.15) is 29.5 Å². The number of amides is 2. The lowest BCUT2D eigenvalue weighted by Gasteiger charge is -2.25. The quantitative estimate of drug-likeness (QED) is 0.660. The summed E-state index contributed by atoms with van der Waals surface area (Å²) >= 11 is 0. The first-order chi connectivity index (χ1) is 13.7. The molecule has 0 atom stereocenters. The number of hydrogen-bond acceptors (Lipinski definition) is 4. The van der Waals surface area contributed by atoms with E-state index in [1.54, 1.807) is 18.3 Å². The average molecular weight is 374 g/mol. The molecule has 2 aromatic heterocycles. The summed E-state index contributed by atoms with van der Waals surface area (Å²) in [7, 11) is 0. The van der Waals surface area contributed by atoms with Gasteiger partial charge in [-0.2, -0.15) is 0 Å². The van der Waals surface area contributed by atoms with Crippen molar-refractivity contribution in [3.63, 3.8) is 0 Å². The molecule has 0 aliphatic carbocycles. The molecule has 142 valence electrons. The zero-order valence-corrected chi connectivity index (χ0v) is 15.6. The molecule has 6 heteroatoms. The Morgan fingerprint density at radius 3 is 2.86 bits per heavy atom. The minimum Gasteiger partial charge on any atom is -0.335 e. The van der Waals surface area contributed by atoms with Crippen molar-refractivity contribution >= 4 is 23.7 Å². The molecule has 0 saturated heterocycles. The number of rotatable bonds is 4. The molecule has 4 heterocycles. The predicted molar refractivity (Wildman–Crippen MR) is 107 cm³/mol. The highest BCUT2D eigenvalue weighted by atomic mass is 16.2. The summed E-state index contributed by atoms with van der Waals surface area (Å²) in [6.45, 7) is 1.37. The van der Waals surface area contributed by atoms with Crippen molar-refractivity contribution in [2.45, 2.75) is 25.7 Å². The smallest absolute Gasteiger partial charge is 0.246 e. The second-order valence-electron chi connectivity index (χ2n) is 7.09. The van der Waals surface area contributed by atoms with E-state index in [0.717, 1.165) is 30.5 Å². The Bertz CT molecular complexity index is 950. The summed E-state index contributed by atoms with van der Waals surface area (Å²) in [5, 5.41) is 2.77. The molecule has 28 heavy (non-hydrogen) atoms. The van der Waals surface area contributed by atoms with Gasteiger partial charge in [0.15, 0.2) is 0 Å². The van der Waals surface area contributed by atoms with Crippen LogP contribution in [0.2, 0.25) is 0 Å². The van der Waals surface area contributed by atoms with Crippen molar-refractivity contribution in [1.29, 1.82) is 0 Å². The molecule has 1 N–H and O–H groups in total. The molecule has 0 aromatic carbocycles. The third kappa shape index (κ3) is 4.34. The van der Waals surface area contributed by atoms with E-state index in [9.17, 15) is 9.59 Å². The Kier molecular flexibility index (Phi) is 5.28. The van der Waals surface area contributed by atoms with E-state index in [0.29, 0.717) is 25.2 Å². The highest BCUT2D eigenvalue weighted by Crippen LogP contribution is 2.21. The number of carbonyl (C=O) groups excluding carboxylic acids is 2. The first-order valence-electron chi connectivity index (χ1n) is 9.50. The Hall–Kier alpha value is -3.28. The lowest BCUT2D eigenvalue weighted by atomic mass is 10.0. The SMILES string of the molecule is O=C1CCc2cc(C=CC(=O)N3CC=C(Cc4ccncc4)CC3)cnc2N1. The normalized spacial score (nSPS) is 16.5. The lowest BCUT2D eigenvalue weighted by molar-refractivity contribution is -0.125. The van der Waals surface area contributed by atoms with Crippen LogP contribution in [0.3, 0.4) is 0 Å². The van der Waals surface area contributed by atoms with E-state index in [1.807, 2.05) is 35.5 Å². The average Bonchev–Trinajstić information content (AvgIpc) is 2.73. The van der Waals surface area contributed by atoms with Crippen molar-refractivity contribution in [3.8, 4) is 0 Å². The standard InChI is InChI=1S/C22H22N4O2/c27-20-3-2-19-14-18(15-24-22(19)25-20)1-4-21(28)26-11-7-17(8-12-26)13-16-5-9-23-10-6-16/h1,4-7,9-10,14-15H,2-3,8,11-13H2,(H,24,25,27). The molecule has 0 bridgehead atoms. The van der Waals surface area contributed by atoms with Crippen LogP contribution >= 0.6 is 0 Å². The molecule has 2 aromatic rings. The van der Waals surface area contributed by atoms with Crippen molar-refractivity contribution in [1.82, 2.24) is 14.9 Å². The summed E-state index contributed by atoms with van der Waals surface area (Å²) in [6.07, 6.45) is 13.8. The number of aryl methyl sites for hydroxylation is 1. The first-order valence-corrected chi connectivity index (χ1v) is 9.50. The fourth-order valence-electron chi connectivity index (χ4n) is 3.47. The topological polar surface area (TPSA) is 75.2 Å². The second-order valence-corrected chi connectivity index (χ2v) is 7.09. The molecule has 2 aliphatic rings. The van der Waals surface area contributed by atoms with Crippen molar-refractivity contribution < 1.29 is 9.59 Å². The van der Waals surface area contributed by atoms with E-state index in [1.165, 1.54) is 11.1 Å². The molecular weight excluding hydrogens is 352 g/mol. The number of pyridine rings is 2. The Morgan fingerprint density at radius 2 is 2.07 bits per heavy atom. The molecule has 0 unspecified atom stereocenters. The number of fused-ring (bicyclic) bond motifs is 1. The minimum absolute atomic E-state index is 0.0000710. The molecule has 0 fully saturated rings. The number of hydrogen-bond donors (Lipinski definition) is 1. The summed E-state index contributed by atoms with van der Waals surface area (Å²) in [6, 6.07) is 6.03. The Labute approximate surface area is 164 Å². The molecule has 0 saturated carbocycles. The number of aromatic nitrogens is 2. The fourth-order valence-corrected chi connectivity index (χ4v) is 3.47. The van der Waals surface area contributed by atoms with Crippen LogP contribution in [-0.2, 0) is 22.4 Å². The molecule has 0 radical (unpaired) electrons.